The van der Waals surface area contributed by atoms with Gasteiger partial charge < -0.3 is 19.2 Å². The van der Waals surface area contributed by atoms with Crippen molar-refractivity contribution in [3.63, 3.8) is 0 Å². The molecule has 1 saturated heterocycles. The maximum atomic E-state index is 13.3. The Kier molecular flexibility index (Phi) is 3.64. The minimum absolute atomic E-state index is 0.125. The molecule has 1 fully saturated rings. The number of aromatic nitrogens is 6. The summed E-state index contributed by atoms with van der Waals surface area (Å²) >= 11 is 0. The molecule has 2 aliphatic heterocycles. The second kappa shape index (κ2) is 6.37. The van der Waals surface area contributed by atoms with Gasteiger partial charge in [0, 0.05) is 24.9 Å². The van der Waals surface area contributed by atoms with E-state index in [1.165, 1.54) is 0 Å². The summed E-state index contributed by atoms with van der Waals surface area (Å²) < 4.78 is 20.4. The highest BCUT2D eigenvalue weighted by Gasteiger charge is 2.39. The molecule has 4 aromatic heterocycles. The van der Waals surface area contributed by atoms with E-state index >= 15 is 0 Å². The number of alkyl halides is 1. The third kappa shape index (κ3) is 2.58. The van der Waals surface area contributed by atoms with Crippen LogP contribution >= 0.6 is 0 Å². The number of carbonyl (C=O) groups excluding carboxylic acids is 1. The number of nitrogens with one attached hydrogen (secondary N) is 1. The van der Waals surface area contributed by atoms with Gasteiger partial charge in [-0.15, -0.1) is 5.10 Å². The number of imidazole rings is 1. The summed E-state index contributed by atoms with van der Waals surface area (Å²) in [5.74, 6) is -0.526. The van der Waals surface area contributed by atoms with E-state index in [4.69, 9.17) is 4.42 Å². The predicted molar refractivity (Wildman–Crippen MR) is 102 cm³/mol. The highest BCUT2D eigenvalue weighted by Crippen LogP contribution is 2.34. The van der Waals surface area contributed by atoms with Crippen LogP contribution in [0.15, 0.2) is 41.2 Å². The Morgan fingerprint density at radius 2 is 2.17 bits per heavy atom. The molecule has 30 heavy (non-hydrogen) atoms. The van der Waals surface area contributed by atoms with Gasteiger partial charge in [-0.05, 0) is 18.2 Å². The fourth-order valence-electron chi connectivity index (χ4n) is 4.02. The standard InChI is InChI=1S/C19H17FN8O2/c20-11-8-26(9-11)19-24-23-17(30-19)18(29)27-6-4-13-15(22-10-21-13)16(27)14-7-12-3-1-2-5-28(12)25-14/h1-3,5,7,10-11,16H,4,6,8-9H2,(H,21,22). The van der Waals surface area contributed by atoms with Crippen LogP contribution in [-0.4, -0.2) is 66.4 Å². The molecule has 4 aromatic rings. The molecule has 0 radical (unpaired) electrons. The molecular formula is C19H17FN8O2. The van der Waals surface area contributed by atoms with Crippen molar-refractivity contribution in [2.75, 3.05) is 24.5 Å². The van der Waals surface area contributed by atoms with E-state index in [0.717, 1.165) is 16.9 Å². The maximum absolute atomic E-state index is 13.3. The van der Waals surface area contributed by atoms with Crippen molar-refractivity contribution in [1.82, 2.24) is 34.7 Å². The molecule has 0 saturated carbocycles. The van der Waals surface area contributed by atoms with Gasteiger partial charge >= 0.3 is 17.8 Å². The molecule has 0 aliphatic carbocycles. The Morgan fingerprint density at radius 1 is 1.27 bits per heavy atom. The molecule has 0 spiro atoms. The molecule has 1 N–H and O–H groups in total. The van der Waals surface area contributed by atoms with Crippen molar-refractivity contribution in [3.8, 4) is 0 Å². The largest absolute Gasteiger partial charge is 0.399 e. The van der Waals surface area contributed by atoms with Gasteiger partial charge in [0.25, 0.3) is 0 Å². The van der Waals surface area contributed by atoms with Gasteiger partial charge in [-0.2, -0.15) is 5.10 Å². The zero-order chi connectivity index (χ0) is 20.2. The Hall–Kier alpha value is -3.76. The van der Waals surface area contributed by atoms with Crippen molar-refractivity contribution in [2.24, 2.45) is 0 Å². The Balaban J connectivity index is 1.37. The molecule has 1 unspecified atom stereocenters. The molecule has 6 rings (SSSR count). The average molecular weight is 408 g/mol. The van der Waals surface area contributed by atoms with E-state index in [2.05, 4.69) is 25.3 Å². The quantitative estimate of drug-likeness (QED) is 0.546. The highest BCUT2D eigenvalue weighted by atomic mass is 19.1. The van der Waals surface area contributed by atoms with Crippen LogP contribution in [0.5, 0.6) is 0 Å². The number of hydrogen-bond donors (Lipinski definition) is 1. The first-order chi connectivity index (χ1) is 14.7. The monoisotopic (exact) mass is 408 g/mol. The maximum Gasteiger partial charge on any atom is 0.318 e. The van der Waals surface area contributed by atoms with Crippen LogP contribution in [0.4, 0.5) is 10.4 Å². The fraction of sp³-hybridized carbons (Fsp3) is 0.316. The predicted octanol–water partition coefficient (Wildman–Crippen LogP) is 1.39. The minimum atomic E-state index is -0.907. The normalized spacial score (nSPS) is 19.2. The van der Waals surface area contributed by atoms with Gasteiger partial charge in [-0.3, -0.25) is 4.79 Å². The van der Waals surface area contributed by atoms with Crippen LogP contribution in [0.25, 0.3) is 5.52 Å². The Bertz CT molecular complexity index is 1210. The molecule has 0 bridgehead atoms. The highest BCUT2D eigenvalue weighted by molar-refractivity contribution is 5.90. The number of halogens is 1. The van der Waals surface area contributed by atoms with Crippen LogP contribution in [-0.2, 0) is 6.42 Å². The molecule has 1 amide bonds. The van der Waals surface area contributed by atoms with E-state index in [1.54, 1.807) is 20.6 Å². The molecule has 2 aliphatic rings. The van der Waals surface area contributed by atoms with E-state index in [0.29, 0.717) is 18.7 Å². The number of anilines is 1. The van der Waals surface area contributed by atoms with Gasteiger partial charge in [0.15, 0.2) is 0 Å². The number of fused-ring (bicyclic) bond motifs is 2. The number of carbonyl (C=O) groups is 1. The van der Waals surface area contributed by atoms with E-state index in [9.17, 15) is 9.18 Å². The number of rotatable bonds is 3. The van der Waals surface area contributed by atoms with Crippen molar-refractivity contribution in [2.45, 2.75) is 18.6 Å². The smallest absolute Gasteiger partial charge is 0.318 e. The molecule has 6 heterocycles. The van der Waals surface area contributed by atoms with Crippen molar-refractivity contribution in [3.05, 3.63) is 59.8 Å². The first-order valence-corrected chi connectivity index (χ1v) is 9.67. The second-order valence-corrected chi connectivity index (χ2v) is 7.45. The number of H-pyrrole nitrogens is 1. The number of hydrogen-bond acceptors (Lipinski definition) is 7. The van der Waals surface area contributed by atoms with Crippen LogP contribution in [0, 0.1) is 0 Å². The lowest BCUT2D eigenvalue weighted by Gasteiger charge is -2.33. The number of amides is 1. The third-order valence-electron chi connectivity index (χ3n) is 5.56. The summed E-state index contributed by atoms with van der Waals surface area (Å²) in [6.45, 7) is 0.834. The summed E-state index contributed by atoms with van der Waals surface area (Å²) in [6.07, 6.45) is 3.20. The van der Waals surface area contributed by atoms with Crippen LogP contribution in [0.3, 0.4) is 0 Å². The molecule has 10 nitrogen and oxygen atoms in total. The van der Waals surface area contributed by atoms with Gasteiger partial charge in [0.2, 0.25) is 0 Å². The molecule has 11 heteroatoms. The summed E-state index contributed by atoms with van der Waals surface area (Å²) in [5, 5.41) is 12.5. The van der Waals surface area contributed by atoms with E-state index in [1.807, 2.05) is 30.5 Å². The van der Waals surface area contributed by atoms with Crippen molar-refractivity contribution in [1.29, 1.82) is 0 Å². The van der Waals surface area contributed by atoms with E-state index < -0.39 is 18.1 Å². The van der Waals surface area contributed by atoms with Crippen LogP contribution in [0.1, 0.15) is 33.8 Å². The lowest BCUT2D eigenvalue weighted by atomic mass is 9.99. The van der Waals surface area contributed by atoms with Crippen molar-refractivity contribution < 1.29 is 13.6 Å². The summed E-state index contributed by atoms with van der Waals surface area (Å²) in [7, 11) is 0. The Labute approximate surface area is 169 Å². The lowest BCUT2D eigenvalue weighted by Crippen LogP contribution is -2.48. The fourth-order valence-corrected chi connectivity index (χ4v) is 4.02. The lowest BCUT2D eigenvalue weighted by molar-refractivity contribution is 0.0646. The zero-order valence-corrected chi connectivity index (χ0v) is 15.8. The van der Waals surface area contributed by atoms with Gasteiger partial charge in [-0.25, -0.2) is 13.9 Å². The molecule has 1 atom stereocenters. The average Bonchev–Trinajstić information content (AvgIpc) is 3.48. The van der Waals surface area contributed by atoms with Crippen LogP contribution < -0.4 is 4.90 Å². The number of nitrogens with zero attached hydrogens (tertiary/aromatic N) is 7. The summed E-state index contributed by atoms with van der Waals surface area (Å²) in [5.41, 5.74) is 3.34. The van der Waals surface area contributed by atoms with E-state index in [-0.39, 0.29) is 25.0 Å². The van der Waals surface area contributed by atoms with Crippen molar-refractivity contribution >= 4 is 17.4 Å². The Morgan fingerprint density at radius 3 is 3.00 bits per heavy atom. The number of aromatic amines is 1. The van der Waals surface area contributed by atoms with Crippen LogP contribution in [0.2, 0.25) is 0 Å². The molecule has 0 aromatic carbocycles. The summed E-state index contributed by atoms with van der Waals surface area (Å²) in [4.78, 5) is 24.2. The first kappa shape index (κ1) is 17.1. The van der Waals surface area contributed by atoms with Gasteiger partial charge in [0.1, 0.15) is 12.2 Å². The van der Waals surface area contributed by atoms with Gasteiger partial charge in [0.05, 0.1) is 36.3 Å². The third-order valence-corrected chi connectivity index (χ3v) is 5.56. The SMILES string of the molecule is O=C(c1nnc(N2CC(F)C2)o1)N1CCc2[nH]cnc2C1c1cc2ccccn2n1. The molecular weight excluding hydrogens is 391 g/mol. The molecule has 152 valence electrons. The summed E-state index contributed by atoms with van der Waals surface area (Å²) in [6, 6.07) is 7.39. The second-order valence-electron chi connectivity index (χ2n) is 7.45. The zero-order valence-electron chi connectivity index (χ0n) is 15.8. The first-order valence-electron chi connectivity index (χ1n) is 9.67. The topological polar surface area (TPSA) is 108 Å². The number of pyridine rings is 1. The van der Waals surface area contributed by atoms with Gasteiger partial charge in [-0.1, -0.05) is 11.2 Å². The minimum Gasteiger partial charge on any atom is -0.399 e.